The Labute approximate surface area is 328 Å². The van der Waals surface area contributed by atoms with Crippen LogP contribution in [-0.2, 0) is 29.7 Å². The van der Waals surface area contributed by atoms with Gasteiger partial charge in [0.15, 0.2) is 0 Å². The summed E-state index contributed by atoms with van der Waals surface area (Å²) >= 11 is -1.14. The predicted molar refractivity (Wildman–Crippen MR) is 200 cm³/mol. The van der Waals surface area contributed by atoms with Gasteiger partial charge in [-0.25, -0.2) is 0 Å². The fraction of sp³-hybridized carbons (Fsp3) is 0.532. The largest absolute Gasteiger partial charge is 1.00 e. The van der Waals surface area contributed by atoms with Crippen LogP contribution in [0.15, 0.2) is 123 Å². The molecule has 1 aromatic carbocycles. The quantitative estimate of drug-likeness (QED) is 0.330. The molecule has 2 saturated carbocycles. The first kappa shape index (κ1) is 38.3. The fourth-order valence-corrected chi connectivity index (χ4v) is 20.7. The van der Waals surface area contributed by atoms with E-state index in [1.165, 1.54) is 5.56 Å². The van der Waals surface area contributed by atoms with Gasteiger partial charge >= 0.3 is 306 Å². The van der Waals surface area contributed by atoms with E-state index in [2.05, 4.69) is 180 Å². The van der Waals surface area contributed by atoms with Crippen molar-refractivity contribution >= 4 is 0 Å². The molecule has 50 heavy (non-hydrogen) atoms. The van der Waals surface area contributed by atoms with Crippen LogP contribution in [0.25, 0.3) is 0 Å². The first-order chi connectivity index (χ1) is 22.4. The molecule has 2 fully saturated rings. The van der Waals surface area contributed by atoms with Gasteiger partial charge in [-0.05, 0) is 0 Å². The third kappa shape index (κ3) is 3.90. The van der Waals surface area contributed by atoms with Crippen molar-refractivity contribution in [2.75, 3.05) is 0 Å². The Bertz CT molecular complexity index is 1860. The SMILES string of the molecule is CC1=CC=CC2[CH]([Zr+2][C]3=C4C(C(C)(C)C)=C(C3C)C4Cc3ccccc3)C3(C)C4(C)C=CC=CC4(C)C4(C)C=CC=CC4(C)C3(C)C12C.[Cl-].[Cl-]. The number of rotatable bonds is 4. The Hall–Kier alpha value is -1.40. The normalized spacial score (nSPS) is 45.8. The van der Waals surface area contributed by atoms with Crippen LogP contribution in [-0.4, -0.2) is 0 Å². The Balaban J connectivity index is 0.00000216. The zero-order chi connectivity index (χ0) is 34.5. The first-order valence-electron chi connectivity index (χ1n) is 18.8. The molecule has 3 heteroatoms. The van der Waals surface area contributed by atoms with Crippen molar-refractivity contribution in [1.29, 1.82) is 0 Å². The van der Waals surface area contributed by atoms with E-state index in [0.717, 1.165) is 6.42 Å². The molecule has 8 aliphatic rings. The van der Waals surface area contributed by atoms with E-state index >= 15 is 0 Å². The Morgan fingerprint density at radius 3 is 1.84 bits per heavy atom. The van der Waals surface area contributed by atoms with E-state index in [9.17, 15) is 0 Å². The molecule has 0 spiro atoms. The van der Waals surface area contributed by atoms with Gasteiger partial charge in [0.1, 0.15) is 0 Å². The monoisotopic (exact) mass is 782 g/mol. The number of hydrogen-bond acceptors (Lipinski definition) is 0. The van der Waals surface area contributed by atoms with Gasteiger partial charge in [-0.2, -0.15) is 0 Å². The second kappa shape index (κ2) is 11.6. The molecule has 0 aromatic heterocycles. The van der Waals surface area contributed by atoms with E-state index in [1.54, 1.807) is 16.7 Å². The van der Waals surface area contributed by atoms with Crippen LogP contribution in [0, 0.1) is 61.1 Å². The fourth-order valence-electron chi connectivity index (χ4n) is 14.1. The number of allylic oxidation sites excluding steroid dienone is 16. The van der Waals surface area contributed by atoms with Gasteiger partial charge < -0.3 is 24.8 Å². The van der Waals surface area contributed by atoms with E-state index < -0.39 is 23.2 Å². The van der Waals surface area contributed by atoms with E-state index in [0.29, 0.717) is 21.4 Å². The van der Waals surface area contributed by atoms with Crippen molar-refractivity contribution in [3.63, 3.8) is 0 Å². The Morgan fingerprint density at radius 1 is 0.720 bits per heavy atom. The smallest absolute Gasteiger partial charge is 1.00 e. The minimum Gasteiger partial charge on any atom is -1.00 e. The van der Waals surface area contributed by atoms with Crippen molar-refractivity contribution in [2.24, 2.45) is 61.1 Å². The third-order valence-electron chi connectivity index (χ3n) is 17.3. The van der Waals surface area contributed by atoms with Crippen molar-refractivity contribution in [3.8, 4) is 0 Å². The average Bonchev–Trinajstić information content (AvgIpc) is 3.53. The summed E-state index contributed by atoms with van der Waals surface area (Å²) in [5.41, 5.74) is 8.62. The van der Waals surface area contributed by atoms with Crippen molar-refractivity contribution < 1.29 is 48.0 Å². The van der Waals surface area contributed by atoms with E-state index in [1.807, 2.05) is 8.85 Å². The maximum atomic E-state index is 2.82. The molecule has 0 radical (unpaired) electrons. The van der Waals surface area contributed by atoms with Gasteiger partial charge in [-0.3, -0.25) is 0 Å². The molecule has 8 aliphatic carbocycles. The second-order valence-electron chi connectivity index (χ2n) is 19.0. The van der Waals surface area contributed by atoms with Crippen LogP contribution in [0.1, 0.15) is 88.6 Å². The topological polar surface area (TPSA) is 0 Å². The summed E-state index contributed by atoms with van der Waals surface area (Å²) in [4.78, 5) is 0. The summed E-state index contributed by atoms with van der Waals surface area (Å²) in [6, 6.07) is 11.3. The molecule has 1 aromatic rings. The zero-order valence-corrected chi connectivity index (χ0v) is 36.5. The molecular weight excluding hydrogens is 727 g/mol. The minimum absolute atomic E-state index is 0. The molecule has 11 unspecified atom stereocenters. The minimum atomic E-state index is -1.14. The van der Waals surface area contributed by atoms with Crippen LogP contribution in [0.4, 0.5) is 0 Å². The maximum Gasteiger partial charge on any atom is -1.00 e. The Morgan fingerprint density at radius 2 is 1.26 bits per heavy atom. The summed E-state index contributed by atoms with van der Waals surface area (Å²) in [6.07, 6.45) is 29.0. The van der Waals surface area contributed by atoms with Crippen LogP contribution in [0.2, 0.25) is 3.63 Å². The van der Waals surface area contributed by atoms with Crippen molar-refractivity contribution in [1.82, 2.24) is 0 Å². The van der Waals surface area contributed by atoms with Crippen LogP contribution >= 0.6 is 0 Å². The van der Waals surface area contributed by atoms with E-state index in [-0.39, 0.29) is 68.1 Å². The van der Waals surface area contributed by atoms with Crippen LogP contribution < -0.4 is 24.8 Å². The molecular formula is C47H58Cl2Zr. The summed E-state index contributed by atoms with van der Waals surface area (Å²) in [5.74, 6) is 1.75. The maximum absolute atomic E-state index is 2.82. The number of halogens is 2. The molecule has 11 atom stereocenters. The van der Waals surface area contributed by atoms with Crippen LogP contribution in [0.5, 0.6) is 0 Å². The van der Waals surface area contributed by atoms with E-state index in [4.69, 9.17) is 0 Å². The molecule has 2 bridgehead atoms. The molecule has 0 amide bonds. The van der Waals surface area contributed by atoms with Gasteiger partial charge in [0.2, 0.25) is 0 Å². The molecule has 0 N–H and O–H groups in total. The molecule has 0 heterocycles. The summed E-state index contributed by atoms with van der Waals surface area (Å²) < 4.78 is 2.61. The standard InChI is InChI=1S/C29H37.C18H21.2ClH.Zr/c1-21-14-13-15-22-20-27(6)25(4)18-10-9-16-23(25,2)24(3)17-11-12-19-26(24,5)29(27,8)28(21,22)7;1-12-10-15-14(11-13-8-6-5-7-9-13)16(12)17(15)18(2,3)4;;;/h9-20,22H,1-8H3;5-9,12,14H,11H2,1-4H3;2*1H;/q;;;;+2/p-2. The first-order valence-corrected chi connectivity index (χ1v) is 21.4. The number of benzene rings is 1. The molecule has 0 aliphatic heterocycles. The second-order valence-corrected chi connectivity index (χ2v) is 22.6. The Kier molecular flexibility index (Phi) is 8.86. The van der Waals surface area contributed by atoms with Gasteiger partial charge in [-0.15, -0.1) is 0 Å². The zero-order valence-electron chi connectivity index (χ0n) is 32.5. The average molecular weight is 785 g/mol. The van der Waals surface area contributed by atoms with Crippen molar-refractivity contribution in [2.45, 2.75) is 93.1 Å². The molecule has 0 saturated heterocycles. The number of fused-ring (bicyclic) bond motifs is 9. The van der Waals surface area contributed by atoms with Gasteiger partial charge in [0, 0.05) is 0 Å². The van der Waals surface area contributed by atoms with Gasteiger partial charge in [0.25, 0.3) is 0 Å². The molecule has 264 valence electrons. The summed E-state index contributed by atoms with van der Waals surface area (Å²) in [5, 5.41) is 0. The number of hydrogen-bond donors (Lipinski definition) is 0. The van der Waals surface area contributed by atoms with Crippen molar-refractivity contribution in [3.05, 3.63) is 128 Å². The van der Waals surface area contributed by atoms with Gasteiger partial charge in [0.05, 0.1) is 0 Å². The molecule has 0 nitrogen and oxygen atoms in total. The van der Waals surface area contributed by atoms with Crippen LogP contribution in [0.3, 0.4) is 0 Å². The third-order valence-corrected chi connectivity index (χ3v) is 22.9. The van der Waals surface area contributed by atoms with Gasteiger partial charge in [-0.1, -0.05) is 0 Å². The summed E-state index contributed by atoms with van der Waals surface area (Å²) in [7, 11) is 0. The predicted octanol–water partition coefficient (Wildman–Crippen LogP) is 6.44. The molecule has 9 rings (SSSR count). The summed E-state index contributed by atoms with van der Waals surface area (Å²) in [6.45, 7) is 31.5.